The Morgan fingerprint density at radius 1 is 1.29 bits per heavy atom. The molecule has 1 aromatic carbocycles. The lowest BCUT2D eigenvalue weighted by Crippen LogP contribution is -2.43. The molecule has 0 fully saturated rings. The van der Waals surface area contributed by atoms with E-state index >= 15 is 0 Å². The lowest BCUT2D eigenvalue weighted by Gasteiger charge is -2.21. The maximum atomic E-state index is 12.0. The van der Waals surface area contributed by atoms with Crippen molar-refractivity contribution in [2.45, 2.75) is 44.2 Å². The van der Waals surface area contributed by atoms with Crippen LogP contribution in [0, 0.1) is 0 Å². The van der Waals surface area contributed by atoms with Gasteiger partial charge in [-0.2, -0.15) is 0 Å². The number of ether oxygens (including phenoxy) is 1. The van der Waals surface area contributed by atoms with Crippen LogP contribution in [0.15, 0.2) is 29.2 Å². The highest BCUT2D eigenvalue weighted by atomic mass is 32.2. The first-order chi connectivity index (χ1) is 9.71. The van der Waals surface area contributed by atoms with E-state index in [1.54, 1.807) is 45.5 Å². The Morgan fingerprint density at radius 2 is 1.95 bits per heavy atom. The van der Waals surface area contributed by atoms with E-state index in [9.17, 15) is 9.59 Å². The van der Waals surface area contributed by atoms with Crippen LogP contribution < -0.4 is 10.6 Å². The van der Waals surface area contributed by atoms with Crippen LogP contribution in [0.1, 0.15) is 27.7 Å². The molecule has 1 unspecified atom stereocenters. The van der Waals surface area contributed by atoms with E-state index in [0.29, 0.717) is 5.69 Å². The molecule has 0 saturated heterocycles. The molecule has 1 atom stereocenters. The first-order valence-corrected chi connectivity index (χ1v) is 7.88. The van der Waals surface area contributed by atoms with Gasteiger partial charge >= 0.3 is 6.09 Å². The number of hydrogen-bond acceptors (Lipinski definition) is 4. The maximum absolute atomic E-state index is 12.0. The molecule has 0 saturated carbocycles. The molecule has 0 aliphatic carbocycles. The second-order valence-corrected chi connectivity index (χ2v) is 6.47. The monoisotopic (exact) mass is 310 g/mol. The minimum Gasteiger partial charge on any atom is -0.444 e. The summed E-state index contributed by atoms with van der Waals surface area (Å²) in [5.41, 5.74) is 0.108. The summed E-state index contributed by atoms with van der Waals surface area (Å²) in [4.78, 5) is 24.7. The number of rotatable bonds is 4. The fourth-order valence-electron chi connectivity index (χ4n) is 1.50. The predicted molar refractivity (Wildman–Crippen MR) is 85.7 cm³/mol. The van der Waals surface area contributed by atoms with E-state index < -0.39 is 17.7 Å². The van der Waals surface area contributed by atoms with Crippen molar-refractivity contribution in [3.8, 4) is 0 Å². The minimum atomic E-state index is -0.683. The fourth-order valence-corrected chi connectivity index (χ4v) is 1.96. The summed E-state index contributed by atoms with van der Waals surface area (Å²) in [6.45, 7) is 6.92. The SMILES string of the molecule is CSc1cccc(NC(=O)C(C)NC(=O)OC(C)(C)C)c1. The van der Waals surface area contributed by atoms with Crippen LogP contribution >= 0.6 is 11.8 Å². The Morgan fingerprint density at radius 3 is 2.52 bits per heavy atom. The van der Waals surface area contributed by atoms with Gasteiger partial charge in [-0.15, -0.1) is 11.8 Å². The van der Waals surface area contributed by atoms with E-state index in [1.807, 2.05) is 24.5 Å². The number of amides is 2. The number of carbonyl (C=O) groups excluding carboxylic acids is 2. The van der Waals surface area contributed by atoms with Crippen molar-refractivity contribution in [2.24, 2.45) is 0 Å². The van der Waals surface area contributed by atoms with E-state index in [-0.39, 0.29) is 5.91 Å². The molecule has 0 aliphatic heterocycles. The van der Waals surface area contributed by atoms with Crippen LogP contribution in [0.5, 0.6) is 0 Å². The van der Waals surface area contributed by atoms with Gasteiger partial charge in [-0.1, -0.05) is 6.07 Å². The Kier molecular flexibility index (Phi) is 6.08. The molecule has 2 amide bonds. The molecule has 0 heterocycles. The predicted octanol–water partition coefficient (Wildman–Crippen LogP) is 3.26. The fraction of sp³-hybridized carbons (Fsp3) is 0.467. The summed E-state index contributed by atoms with van der Waals surface area (Å²) < 4.78 is 5.11. The normalized spacial score (nSPS) is 12.4. The van der Waals surface area contributed by atoms with Crippen molar-refractivity contribution in [1.29, 1.82) is 0 Å². The van der Waals surface area contributed by atoms with Crippen molar-refractivity contribution in [3.05, 3.63) is 24.3 Å². The lowest BCUT2D eigenvalue weighted by molar-refractivity contribution is -0.117. The highest BCUT2D eigenvalue weighted by Gasteiger charge is 2.21. The largest absolute Gasteiger partial charge is 0.444 e. The molecule has 0 spiro atoms. The Hall–Kier alpha value is -1.69. The van der Waals surface area contributed by atoms with Crippen molar-refractivity contribution in [2.75, 3.05) is 11.6 Å². The van der Waals surface area contributed by atoms with Gasteiger partial charge in [0, 0.05) is 10.6 Å². The van der Waals surface area contributed by atoms with Gasteiger partial charge in [0.2, 0.25) is 5.91 Å². The quantitative estimate of drug-likeness (QED) is 0.838. The zero-order chi connectivity index (χ0) is 16.0. The smallest absolute Gasteiger partial charge is 0.408 e. The summed E-state index contributed by atoms with van der Waals surface area (Å²) in [6.07, 6.45) is 1.36. The molecule has 1 rings (SSSR count). The topological polar surface area (TPSA) is 67.4 Å². The van der Waals surface area contributed by atoms with Crippen molar-refractivity contribution in [1.82, 2.24) is 5.32 Å². The van der Waals surface area contributed by atoms with Gasteiger partial charge < -0.3 is 15.4 Å². The van der Waals surface area contributed by atoms with Crippen molar-refractivity contribution < 1.29 is 14.3 Å². The van der Waals surface area contributed by atoms with E-state index in [1.165, 1.54) is 0 Å². The van der Waals surface area contributed by atoms with E-state index in [0.717, 1.165) is 4.90 Å². The highest BCUT2D eigenvalue weighted by molar-refractivity contribution is 7.98. The molecule has 0 aliphatic rings. The zero-order valence-electron chi connectivity index (χ0n) is 13.0. The van der Waals surface area contributed by atoms with Crippen LogP contribution in [0.2, 0.25) is 0 Å². The van der Waals surface area contributed by atoms with Crippen LogP contribution in [0.25, 0.3) is 0 Å². The van der Waals surface area contributed by atoms with Gasteiger partial charge in [-0.05, 0) is 52.1 Å². The second kappa shape index (κ2) is 7.36. The van der Waals surface area contributed by atoms with Crippen molar-refractivity contribution in [3.63, 3.8) is 0 Å². The number of benzene rings is 1. The van der Waals surface area contributed by atoms with Gasteiger partial charge in [-0.3, -0.25) is 4.79 Å². The van der Waals surface area contributed by atoms with Gasteiger partial charge in [0.05, 0.1) is 0 Å². The Bertz CT molecular complexity index is 512. The first-order valence-electron chi connectivity index (χ1n) is 6.65. The van der Waals surface area contributed by atoms with Crippen LogP contribution in [0.3, 0.4) is 0 Å². The molecule has 5 nitrogen and oxygen atoms in total. The molecule has 0 bridgehead atoms. The number of anilines is 1. The van der Waals surface area contributed by atoms with Crippen LogP contribution in [-0.2, 0) is 9.53 Å². The zero-order valence-corrected chi connectivity index (χ0v) is 13.8. The number of nitrogens with one attached hydrogen (secondary N) is 2. The van der Waals surface area contributed by atoms with Gasteiger partial charge in [-0.25, -0.2) is 4.79 Å². The summed E-state index contributed by atoms with van der Waals surface area (Å²) in [6, 6.07) is 6.83. The van der Waals surface area contributed by atoms with Crippen LogP contribution in [0.4, 0.5) is 10.5 Å². The highest BCUT2D eigenvalue weighted by Crippen LogP contribution is 2.19. The molecule has 2 N–H and O–H groups in total. The second-order valence-electron chi connectivity index (χ2n) is 5.59. The lowest BCUT2D eigenvalue weighted by atomic mass is 10.2. The molecule has 0 aromatic heterocycles. The number of thioether (sulfide) groups is 1. The molecule has 1 aromatic rings. The molecule has 6 heteroatoms. The maximum Gasteiger partial charge on any atom is 0.408 e. The molecule has 21 heavy (non-hydrogen) atoms. The average molecular weight is 310 g/mol. The molecular weight excluding hydrogens is 288 g/mol. The van der Waals surface area contributed by atoms with E-state index in [4.69, 9.17) is 4.74 Å². The first kappa shape index (κ1) is 17.4. The van der Waals surface area contributed by atoms with Crippen molar-refractivity contribution >= 4 is 29.4 Å². The third-order valence-corrected chi connectivity index (χ3v) is 3.19. The van der Waals surface area contributed by atoms with Gasteiger partial charge in [0.25, 0.3) is 0 Å². The molecule has 116 valence electrons. The van der Waals surface area contributed by atoms with E-state index in [2.05, 4.69) is 10.6 Å². The Balaban J connectivity index is 2.56. The Labute approximate surface area is 129 Å². The number of hydrogen-bond donors (Lipinski definition) is 2. The standard InChI is InChI=1S/C15H22N2O3S/c1-10(16-14(19)20-15(2,3)4)13(18)17-11-7-6-8-12(9-11)21-5/h6-10H,1-5H3,(H,16,19)(H,17,18). The van der Waals surface area contributed by atoms with Gasteiger partial charge in [0.15, 0.2) is 0 Å². The summed E-state index contributed by atoms with van der Waals surface area (Å²) in [5, 5.41) is 5.27. The third-order valence-electron chi connectivity index (χ3n) is 2.46. The molecule has 0 radical (unpaired) electrons. The summed E-state index contributed by atoms with van der Waals surface area (Å²) >= 11 is 1.59. The van der Waals surface area contributed by atoms with Crippen LogP contribution in [-0.4, -0.2) is 29.9 Å². The number of alkyl carbamates (subject to hydrolysis) is 1. The third kappa shape index (κ3) is 6.53. The minimum absolute atomic E-state index is 0.292. The summed E-state index contributed by atoms with van der Waals surface area (Å²) in [7, 11) is 0. The average Bonchev–Trinajstić information content (AvgIpc) is 2.36. The summed E-state index contributed by atoms with van der Waals surface area (Å²) in [5.74, 6) is -0.292. The molecular formula is C15H22N2O3S. The van der Waals surface area contributed by atoms with Gasteiger partial charge in [0.1, 0.15) is 11.6 Å². The number of carbonyl (C=O) groups is 2.